The summed E-state index contributed by atoms with van der Waals surface area (Å²) in [6.07, 6.45) is 1.02. The van der Waals surface area contributed by atoms with E-state index >= 15 is 0 Å². The fourth-order valence-electron chi connectivity index (χ4n) is 1.33. The Kier molecular flexibility index (Phi) is 3.27. The molecule has 0 aliphatic carbocycles. The quantitative estimate of drug-likeness (QED) is 0.656. The molecule has 4 nitrogen and oxygen atoms in total. The monoisotopic (exact) mass is 187 g/mol. The van der Waals surface area contributed by atoms with E-state index in [9.17, 15) is 4.79 Å². The molecule has 1 saturated heterocycles. The SMILES string of the molecule is CCC[N+](C)(C)C(=O)NC1COC1. The largest absolute Gasteiger partial charge is 0.416 e. The Morgan fingerprint density at radius 1 is 1.54 bits per heavy atom. The molecule has 1 rings (SSSR count). The Bertz CT molecular complexity index is 188. The molecule has 0 spiro atoms. The third kappa shape index (κ3) is 2.67. The Morgan fingerprint density at radius 3 is 2.54 bits per heavy atom. The first-order valence-corrected chi connectivity index (χ1v) is 4.78. The molecule has 0 saturated carbocycles. The second kappa shape index (κ2) is 4.07. The van der Waals surface area contributed by atoms with Gasteiger partial charge in [0.25, 0.3) is 0 Å². The second-order valence-corrected chi connectivity index (χ2v) is 4.09. The van der Waals surface area contributed by atoms with E-state index < -0.39 is 0 Å². The molecule has 0 aromatic carbocycles. The molecule has 0 aromatic heterocycles. The Hall–Kier alpha value is -0.610. The first-order valence-electron chi connectivity index (χ1n) is 4.78. The van der Waals surface area contributed by atoms with Gasteiger partial charge in [-0.15, -0.1) is 0 Å². The van der Waals surface area contributed by atoms with Crippen LogP contribution in [0, 0.1) is 0 Å². The number of rotatable bonds is 3. The van der Waals surface area contributed by atoms with Gasteiger partial charge in [0.15, 0.2) is 0 Å². The minimum atomic E-state index is 0.0927. The van der Waals surface area contributed by atoms with Crippen LogP contribution in [0.3, 0.4) is 0 Å². The van der Waals surface area contributed by atoms with E-state index in [0.717, 1.165) is 13.0 Å². The van der Waals surface area contributed by atoms with Crippen LogP contribution in [0.5, 0.6) is 0 Å². The van der Waals surface area contributed by atoms with Crippen molar-refractivity contribution in [3.05, 3.63) is 0 Å². The van der Waals surface area contributed by atoms with Crippen molar-refractivity contribution in [3.63, 3.8) is 0 Å². The van der Waals surface area contributed by atoms with Crippen LogP contribution in [0.25, 0.3) is 0 Å². The van der Waals surface area contributed by atoms with Crippen LogP contribution in [0.4, 0.5) is 4.79 Å². The number of hydrogen-bond acceptors (Lipinski definition) is 2. The van der Waals surface area contributed by atoms with Crippen molar-refractivity contribution >= 4 is 6.03 Å². The highest BCUT2D eigenvalue weighted by molar-refractivity contribution is 5.67. The summed E-state index contributed by atoms with van der Waals surface area (Å²) in [4.78, 5) is 11.7. The summed E-state index contributed by atoms with van der Waals surface area (Å²) in [5.74, 6) is 0. The van der Waals surface area contributed by atoms with Crippen LogP contribution in [-0.4, -0.2) is 50.4 Å². The lowest BCUT2D eigenvalue weighted by molar-refractivity contribution is -0.809. The van der Waals surface area contributed by atoms with Gasteiger partial charge in [-0.05, 0) is 6.42 Å². The molecule has 1 fully saturated rings. The number of ether oxygens (including phenoxy) is 1. The minimum absolute atomic E-state index is 0.0927. The molecule has 1 aliphatic rings. The lowest BCUT2D eigenvalue weighted by atomic mass is 10.2. The van der Waals surface area contributed by atoms with Crippen LogP contribution in [0.15, 0.2) is 0 Å². The predicted molar refractivity (Wildman–Crippen MR) is 50.4 cm³/mol. The molecule has 0 bridgehead atoms. The summed E-state index contributed by atoms with van der Waals surface area (Å²) in [6, 6.07) is 0.330. The van der Waals surface area contributed by atoms with E-state index in [4.69, 9.17) is 4.74 Å². The van der Waals surface area contributed by atoms with E-state index in [1.165, 1.54) is 0 Å². The van der Waals surface area contributed by atoms with Crippen molar-refractivity contribution in [1.29, 1.82) is 0 Å². The summed E-state index contributed by atoms with van der Waals surface area (Å²) in [5.41, 5.74) is 0. The van der Waals surface area contributed by atoms with Crippen molar-refractivity contribution in [2.24, 2.45) is 0 Å². The molecule has 13 heavy (non-hydrogen) atoms. The third-order valence-electron chi connectivity index (χ3n) is 2.30. The molecule has 0 aromatic rings. The molecule has 1 heterocycles. The molecule has 0 atom stereocenters. The topological polar surface area (TPSA) is 38.3 Å². The van der Waals surface area contributed by atoms with Gasteiger partial charge in [-0.3, -0.25) is 5.32 Å². The number of urea groups is 1. The van der Waals surface area contributed by atoms with Crippen LogP contribution in [0.1, 0.15) is 13.3 Å². The van der Waals surface area contributed by atoms with Gasteiger partial charge in [-0.2, -0.15) is 0 Å². The van der Waals surface area contributed by atoms with Crippen molar-refractivity contribution in [2.75, 3.05) is 33.9 Å². The smallest absolute Gasteiger partial charge is 0.377 e. The standard InChI is InChI=1S/C9H18N2O2/c1-4-5-11(2,3)9(12)10-8-6-13-7-8/h8H,4-7H2,1-3H3/p+1. The summed E-state index contributed by atoms with van der Waals surface area (Å²) >= 11 is 0. The molecule has 2 amide bonds. The van der Waals surface area contributed by atoms with Crippen LogP contribution < -0.4 is 5.32 Å². The maximum Gasteiger partial charge on any atom is 0.416 e. The van der Waals surface area contributed by atoms with Gasteiger partial charge >= 0.3 is 6.03 Å². The highest BCUT2D eigenvalue weighted by Gasteiger charge is 2.30. The fraction of sp³-hybridized carbons (Fsp3) is 0.889. The van der Waals surface area contributed by atoms with Gasteiger partial charge in [-0.1, -0.05) is 6.92 Å². The predicted octanol–water partition coefficient (Wildman–Crippen LogP) is 0.581. The first-order chi connectivity index (χ1) is 6.06. The number of amides is 2. The summed E-state index contributed by atoms with van der Waals surface area (Å²) in [7, 11) is 3.86. The average Bonchev–Trinajstić information content (AvgIpc) is 1.96. The highest BCUT2D eigenvalue weighted by Crippen LogP contribution is 2.04. The van der Waals surface area contributed by atoms with Crippen molar-refractivity contribution in [1.82, 2.24) is 5.32 Å². The highest BCUT2D eigenvalue weighted by atomic mass is 16.5. The molecular formula is C9H19N2O2+. The van der Waals surface area contributed by atoms with Gasteiger partial charge < -0.3 is 4.74 Å². The van der Waals surface area contributed by atoms with Gasteiger partial charge in [0.1, 0.15) is 0 Å². The lowest BCUT2D eigenvalue weighted by Crippen LogP contribution is -2.58. The van der Waals surface area contributed by atoms with E-state index in [2.05, 4.69) is 12.2 Å². The normalized spacial score (nSPS) is 18.1. The van der Waals surface area contributed by atoms with E-state index in [1.807, 2.05) is 14.1 Å². The maximum absolute atomic E-state index is 11.7. The molecule has 0 radical (unpaired) electrons. The summed E-state index contributed by atoms with van der Waals surface area (Å²) in [6.45, 7) is 4.29. The van der Waals surface area contributed by atoms with Gasteiger partial charge in [0.05, 0.1) is 39.9 Å². The minimum Gasteiger partial charge on any atom is -0.377 e. The number of hydrogen-bond donors (Lipinski definition) is 1. The molecule has 0 unspecified atom stereocenters. The number of carbonyl (C=O) groups is 1. The first kappa shape index (κ1) is 10.5. The van der Waals surface area contributed by atoms with Crippen LogP contribution in [-0.2, 0) is 4.74 Å². The third-order valence-corrected chi connectivity index (χ3v) is 2.30. The number of quaternary nitrogens is 1. The lowest BCUT2D eigenvalue weighted by Gasteiger charge is -2.32. The summed E-state index contributed by atoms with van der Waals surface area (Å²) in [5, 5.41) is 2.95. The molecule has 4 heteroatoms. The van der Waals surface area contributed by atoms with Crippen molar-refractivity contribution in [2.45, 2.75) is 19.4 Å². The Labute approximate surface area is 79.4 Å². The molecular weight excluding hydrogens is 168 g/mol. The van der Waals surface area contributed by atoms with Crippen molar-refractivity contribution in [3.8, 4) is 0 Å². The van der Waals surface area contributed by atoms with Gasteiger partial charge in [0.2, 0.25) is 0 Å². The molecule has 76 valence electrons. The molecule has 1 aliphatic heterocycles. The van der Waals surface area contributed by atoms with Crippen LogP contribution >= 0.6 is 0 Å². The van der Waals surface area contributed by atoms with Gasteiger partial charge in [-0.25, -0.2) is 9.28 Å². The number of nitrogens with one attached hydrogen (secondary N) is 1. The average molecular weight is 187 g/mol. The van der Waals surface area contributed by atoms with E-state index in [0.29, 0.717) is 17.7 Å². The van der Waals surface area contributed by atoms with Crippen LogP contribution in [0.2, 0.25) is 0 Å². The van der Waals surface area contributed by atoms with E-state index in [-0.39, 0.29) is 12.1 Å². The summed E-state index contributed by atoms with van der Waals surface area (Å²) < 4.78 is 5.40. The second-order valence-electron chi connectivity index (χ2n) is 4.09. The number of nitrogens with zero attached hydrogens (tertiary/aromatic N) is 1. The zero-order chi connectivity index (χ0) is 9.90. The zero-order valence-corrected chi connectivity index (χ0v) is 8.67. The van der Waals surface area contributed by atoms with Crippen molar-refractivity contribution < 1.29 is 14.0 Å². The molecule has 1 N–H and O–H groups in total. The fourth-order valence-corrected chi connectivity index (χ4v) is 1.33. The van der Waals surface area contributed by atoms with Gasteiger partial charge in [0, 0.05) is 0 Å². The Balaban J connectivity index is 2.35. The van der Waals surface area contributed by atoms with E-state index in [1.54, 1.807) is 0 Å². The maximum atomic E-state index is 11.7. The zero-order valence-electron chi connectivity index (χ0n) is 8.67. The Morgan fingerprint density at radius 2 is 2.15 bits per heavy atom. The number of carbonyl (C=O) groups excluding carboxylic acids is 1.